The monoisotopic (exact) mass is 729 g/mol. The molecule has 0 amide bonds. The van der Waals surface area contributed by atoms with E-state index in [2.05, 4.69) is 219 Å². The van der Waals surface area contributed by atoms with Crippen LogP contribution in [0.4, 0.5) is 17.1 Å². The van der Waals surface area contributed by atoms with Crippen LogP contribution < -0.4 is 9.64 Å². The smallest absolute Gasteiger partial charge is 0.137 e. The van der Waals surface area contributed by atoms with E-state index in [0.717, 1.165) is 50.8 Å². The molecule has 270 valence electrons. The minimum Gasteiger partial charge on any atom is -0.456 e. The van der Waals surface area contributed by atoms with E-state index in [1.165, 1.54) is 55.3 Å². The molecule has 1 aliphatic heterocycles. The molecule has 0 spiro atoms. The van der Waals surface area contributed by atoms with Crippen molar-refractivity contribution in [3.8, 4) is 67.1 Å². The minimum atomic E-state index is -0.129. The van der Waals surface area contributed by atoms with Crippen LogP contribution in [0.2, 0.25) is 0 Å². The third-order valence-electron chi connectivity index (χ3n) is 12.1. The van der Waals surface area contributed by atoms with Gasteiger partial charge in [0.25, 0.3) is 0 Å². The van der Waals surface area contributed by atoms with Crippen LogP contribution in [0.25, 0.3) is 66.4 Å². The normalized spacial score (nSPS) is 13.0. The van der Waals surface area contributed by atoms with E-state index in [1.807, 2.05) is 0 Å². The van der Waals surface area contributed by atoms with Crippen LogP contribution in [-0.2, 0) is 5.41 Å². The number of hydrogen-bond acceptors (Lipinski definition) is 2. The summed E-state index contributed by atoms with van der Waals surface area (Å²) in [6.45, 7) is 4.69. The van der Waals surface area contributed by atoms with Gasteiger partial charge in [0.15, 0.2) is 0 Å². The van der Waals surface area contributed by atoms with Crippen molar-refractivity contribution in [3.05, 3.63) is 211 Å². The number of benzene rings is 9. The zero-order valence-electron chi connectivity index (χ0n) is 31.9. The predicted molar refractivity (Wildman–Crippen MR) is 238 cm³/mol. The summed E-state index contributed by atoms with van der Waals surface area (Å²) >= 11 is 0. The van der Waals surface area contributed by atoms with Crippen LogP contribution in [0.5, 0.6) is 11.5 Å². The van der Waals surface area contributed by atoms with Crippen LogP contribution in [0.15, 0.2) is 200 Å². The van der Waals surface area contributed by atoms with Crippen LogP contribution >= 0.6 is 0 Å². The molecule has 0 radical (unpaired) electrons. The lowest BCUT2D eigenvalue weighted by Gasteiger charge is -2.29. The Morgan fingerprint density at radius 3 is 1.74 bits per heavy atom. The van der Waals surface area contributed by atoms with E-state index in [-0.39, 0.29) is 5.41 Å². The average molecular weight is 730 g/mol. The van der Waals surface area contributed by atoms with Gasteiger partial charge in [0.05, 0.1) is 0 Å². The van der Waals surface area contributed by atoms with Crippen molar-refractivity contribution in [1.82, 2.24) is 0 Å². The zero-order valence-corrected chi connectivity index (χ0v) is 31.9. The zero-order chi connectivity index (χ0) is 38.1. The lowest BCUT2D eigenvalue weighted by Crippen LogP contribution is -2.16. The Morgan fingerprint density at radius 1 is 0.368 bits per heavy atom. The molecule has 0 unspecified atom stereocenters. The molecular weight excluding hydrogens is 691 g/mol. The fourth-order valence-corrected chi connectivity index (χ4v) is 9.20. The van der Waals surface area contributed by atoms with Crippen molar-refractivity contribution in [3.63, 3.8) is 0 Å². The molecule has 0 N–H and O–H groups in total. The molecule has 1 heterocycles. The quantitative estimate of drug-likeness (QED) is 0.175. The van der Waals surface area contributed by atoms with E-state index in [4.69, 9.17) is 4.74 Å². The molecule has 2 aliphatic rings. The number of ether oxygens (including phenoxy) is 1. The van der Waals surface area contributed by atoms with Gasteiger partial charge >= 0.3 is 0 Å². The van der Waals surface area contributed by atoms with Crippen LogP contribution in [-0.4, -0.2) is 0 Å². The predicted octanol–water partition coefficient (Wildman–Crippen LogP) is 15.4. The molecule has 0 atom stereocenters. The largest absolute Gasteiger partial charge is 0.456 e. The first-order valence-corrected chi connectivity index (χ1v) is 19.8. The highest BCUT2D eigenvalue weighted by atomic mass is 16.5. The van der Waals surface area contributed by atoms with Crippen molar-refractivity contribution in [2.75, 3.05) is 4.90 Å². The van der Waals surface area contributed by atoms with Crippen molar-refractivity contribution in [2.45, 2.75) is 19.3 Å². The maximum atomic E-state index is 7.09. The second-order valence-corrected chi connectivity index (χ2v) is 15.7. The number of nitrogens with zero attached hydrogens (tertiary/aromatic N) is 1. The molecule has 11 rings (SSSR count). The summed E-state index contributed by atoms with van der Waals surface area (Å²) in [4.78, 5) is 2.38. The number of rotatable bonds is 5. The highest BCUT2D eigenvalue weighted by Gasteiger charge is 2.36. The van der Waals surface area contributed by atoms with Gasteiger partial charge in [-0.2, -0.15) is 0 Å². The van der Waals surface area contributed by atoms with Crippen molar-refractivity contribution >= 4 is 27.8 Å². The Bertz CT molecular complexity index is 3000. The van der Waals surface area contributed by atoms with Gasteiger partial charge in [-0.15, -0.1) is 0 Å². The molecule has 1 aliphatic carbocycles. The molecule has 2 heteroatoms. The average Bonchev–Trinajstić information content (AvgIpc) is 3.39. The van der Waals surface area contributed by atoms with E-state index in [0.29, 0.717) is 0 Å². The van der Waals surface area contributed by atoms with Crippen molar-refractivity contribution < 1.29 is 4.74 Å². The Balaban J connectivity index is 1.10. The Morgan fingerprint density at radius 2 is 0.947 bits per heavy atom. The van der Waals surface area contributed by atoms with Crippen LogP contribution in [0.1, 0.15) is 25.0 Å². The van der Waals surface area contributed by atoms with E-state index in [9.17, 15) is 0 Å². The molecule has 0 fully saturated rings. The van der Waals surface area contributed by atoms with Gasteiger partial charge in [-0.25, -0.2) is 0 Å². The highest BCUT2D eigenvalue weighted by molar-refractivity contribution is 6.07. The molecule has 0 saturated heterocycles. The highest BCUT2D eigenvalue weighted by Crippen LogP contribution is 2.53. The maximum Gasteiger partial charge on any atom is 0.137 e. The lowest BCUT2D eigenvalue weighted by atomic mass is 9.82. The van der Waals surface area contributed by atoms with E-state index in [1.54, 1.807) is 0 Å². The van der Waals surface area contributed by atoms with Gasteiger partial charge in [-0.05, 0) is 109 Å². The van der Waals surface area contributed by atoms with Gasteiger partial charge < -0.3 is 9.64 Å². The van der Waals surface area contributed by atoms with E-state index < -0.39 is 0 Å². The lowest BCUT2D eigenvalue weighted by molar-refractivity contribution is 0.488. The summed E-state index contributed by atoms with van der Waals surface area (Å²) in [5, 5.41) is 2.42. The first-order chi connectivity index (χ1) is 28.0. The molecular formula is C55H39NO. The maximum absolute atomic E-state index is 7.09. The number of anilines is 3. The summed E-state index contributed by atoms with van der Waals surface area (Å²) in [5.74, 6) is 1.68. The summed E-state index contributed by atoms with van der Waals surface area (Å²) in [6.07, 6.45) is 0. The molecule has 0 bridgehead atoms. The minimum absolute atomic E-state index is 0.129. The van der Waals surface area contributed by atoms with E-state index >= 15 is 0 Å². The molecule has 57 heavy (non-hydrogen) atoms. The molecule has 2 nitrogen and oxygen atoms in total. The van der Waals surface area contributed by atoms with Gasteiger partial charge in [0.1, 0.15) is 11.5 Å². The van der Waals surface area contributed by atoms with Crippen LogP contribution in [0, 0.1) is 0 Å². The SMILES string of the molecule is CC1(C)c2ccccc2-c2ccc(N(c3ccc(-c4ccccc4)cc3)c3ccc4c(c3)Oc3ccc(-c5ccccc5)cc3-c3c-4ccc4ccccc34)cc21. The van der Waals surface area contributed by atoms with Crippen LogP contribution in [0.3, 0.4) is 0 Å². The third kappa shape index (κ3) is 5.40. The Labute approximate surface area is 333 Å². The molecule has 0 saturated carbocycles. The van der Waals surface area contributed by atoms with Gasteiger partial charge in [0.2, 0.25) is 0 Å². The summed E-state index contributed by atoms with van der Waals surface area (Å²) in [6, 6.07) is 72.5. The second kappa shape index (κ2) is 13.0. The fourth-order valence-electron chi connectivity index (χ4n) is 9.20. The van der Waals surface area contributed by atoms with Gasteiger partial charge in [0, 0.05) is 45.2 Å². The first-order valence-electron chi connectivity index (χ1n) is 19.8. The standard InChI is InChI=1S/C55H39NO/c1-55(2)50-20-12-11-19-45(50)46-30-27-42(34-51(46)55)56(41-25-21-38(22-26-41)36-13-5-3-6-14-36)43-28-31-47-48-29-23-39-17-9-10-18-44(39)54(48)49-33-40(37-15-7-4-8-16-37)24-32-52(49)57-53(47)35-43/h3-35H,1-2H3. The summed E-state index contributed by atoms with van der Waals surface area (Å²) < 4.78 is 7.09. The number of fused-ring (bicyclic) bond motifs is 10. The summed E-state index contributed by atoms with van der Waals surface area (Å²) in [7, 11) is 0. The molecule has 9 aromatic rings. The Kier molecular flexibility index (Phi) is 7.55. The second-order valence-electron chi connectivity index (χ2n) is 15.7. The van der Waals surface area contributed by atoms with Gasteiger partial charge in [-0.3, -0.25) is 0 Å². The van der Waals surface area contributed by atoms with Crippen molar-refractivity contribution in [2.24, 2.45) is 0 Å². The number of hydrogen-bond donors (Lipinski definition) is 0. The summed E-state index contributed by atoms with van der Waals surface area (Å²) in [5.41, 5.74) is 17.7. The Hall–Kier alpha value is -7.16. The van der Waals surface area contributed by atoms with Gasteiger partial charge in [-0.1, -0.05) is 159 Å². The first kappa shape index (κ1) is 33.2. The van der Waals surface area contributed by atoms with Crippen molar-refractivity contribution in [1.29, 1.82) is 0 Å². The molecule has 0 aromatic heterocycles. The third-order valence-corrected chi connectivity index (χ3v) is 12.1. The molecule has 9 aromatic carbocycles. The topological polar surface area (TPSA) is 12.5 Å². The fraction of sp³-hybridized carbons (Fsp3) is 0.0545.